The minimum absolute atomic E-state index is 0.0615. The molecule has 2 N–H and O–H groups in total. The molecule has 2 aliphatic heterocycles. The largest absolute Gasteiger partial charge is 0.497 e. The van der Waals surface area contributed by atoms with E-state index in [4.69, 9.17) is 10.5 Å². The topological polar surface area (TPSA) is 96.4 Å². The van der Waals surface area contributed by atoms with E-state index in [0.29, 0.717) is 22.7 Å². The molecule has 2 aromatic carbocycles. The van der Waals surface area contributed by atoms with E-state index in [9.17, 15) is 18.1 Å². The Morgan fingerprint density at radius 1 is 1.17 bits per heavy atom. The highest BCUT2D eigenvalue weighted by Crippen LogP contribution is 2.48. The number of ether oxygens (including phenoxy) is 1. The van der Waals surface area contributed by atoms with Crippen molar-refractivity contribution in [2.45, 2.75) is 12.3 Å². The number of rotatable bonds is 3. The first-order valence-electron chi connectivity index (χ1n) is 8.92. The van der Waals surface area contributed by atoms with E-state index in [1.54, 1.807) is 36.3 Å². The highest BCUT2D eigenvalue weighted by Gasteiger charge is 2.45. The Bertz CT molecular complexity index is 1180. The van der Waals surface area contributed by atoms with Gasteiger partial charge in [0.15, 0.2) is 9.84 Å². The Kier molecular flexibility index (Phi) is 4.55. The molecule has 148 valence electrons. The lowest BCUT2D eigenvalue weighted by Crippen LogP contribution is -2.34. The van der Waals surface area contributed by atoms with Crippen molar-refractivity contribution in [2.24, 2.45) is 5.73 Å². The average molecular weight is 411 g/mol. The van der Waals surface area contributed by atoms with Gasteiger partial charge in [0.2, 0.25) is 0 Å². The van der Waals surface area contributed by atoms with Crippen molar-refractivity contribution in [1.82, 2.24) is 0 Å². The molecular weight excluding hydrogens is 393 g/mol. The van der Waals surface area contributed by atoms with Crippen molar-refractivity contribution in [3.05, 3.63) is 81.9 Å². The van der Waals surface area contributed by atoms with Gasteiger partial charge in [0.1, 0.15) is 17.4 Å². The first-order chi connectivity index (χ1) is 13.9. The molecule has 0 unspecified atom stereocenters. The van der Waals surface area contributed by atoms with E-state index in [1.165, 1.54) is 24.3 Å². The van der Waals surface area contributed by atoms with E-state index in [2.05, 4.69) is 6.07 Å². The van der Waals surface area contributed by atoms with Gasteiger partial charge in [-0.25, -0.2) is 12.8 Å². The second kappa shape index (κ2) is 6.94. The van der Waals surface area contributed by atoms with E-state index in [0.717, 1.165) is 0 Å². The standard InChI is InChI=1S/C21H18FN3O3S/c1-28-16-8-6-15(7-9-16)25-18-10-11-29(26,27)20(18)19(17(12-23)21(25)24)13-2-4-14(22)5-3-13/h2-9,19H,10-11,24H2,1H3/t19-/m1/s1. The molecule has 8 heteroatoms. The monoisotopic (exact) mass is 411 g/mol. The summed E-state index contributed by atoms with van der Waals surface area (Å²) in [6, 6.07) is 14.6. The number of hydrogen-bond acceptors (Lipinski definition) is 6. The average Bonchev–Trinajstić information content (AvgIpc) is 3.03. The van der Waals surface area contributed by atoms with E-state index in [-0.39, 0.29) is 28.5 Å². The van der Waals surface area contributed by atoms with Gasteiger partial charge in [-0.2, -0.15) is 5.26 Å². The minimum Gasteiger partial charge on any atom is -0.497 e. The predicted molar refractivity (Wildman–Crippen MR) is 107 cm³/mol. The van der Waals surface area contributed by atoms with Crippen LogP contribution < -0.4 is 15.4 Å². The van der Waals surface area contributed by atoms with Gasteiger partial charge in [0, 0.05) is 17.8 Å². The summed E-state index contributed by atoms with van der Waals surface area (Å²) < 4.78 is 44.5. The molecule has 0 bridgehead atoms. The first kappa shape index (κ1) is 19.0. The second-order valence-corrected chi connectivity index (χ2v) is 8.89. The zero-order valence-electron chi connectivity index (χ0n) is 15.6. The molecule has 0 fully saturated rings. The van der Waals surface area contributed by atoms with Crippen molar-refractivity contribution >= 4 is 15.5 Å². The number of halogens is 1. The molecule has 1 atom stereocenters. The van der Waals surface area contributed by atoms with Crippen LogP contribution in [0.2, 0.25) is 0 Å². The van der Waals surface area contributed by atoms with E-state index < -0.39 is 21.6 Å². The molecule has 2 heterocycles. The summed E-state index contributed by atoms with van der Waals surface area (Å²) in [5, 5.41) is 9.86. The van der Waals surface area contributed by atoms with Gasteiger partial charge < -0.3 is 10.5 Å². The number of nitriles is 1. The fourth-order valence-electron chi connectivity index (χ4n) is 3.88. The zero-order valence-corrected chi connectivity index (χ0v) is 16.4. The Morgan fingerprint density at radius 2 is 1.83 bits per heavy atom. The molecule has 0 saturated heterocycles. The Morgan fingerprint density at radius 3 is 2.41 bits per heavy atom. The van der Waals surface area contributed by atoms with Crippen molar-refractivity contribution in [3.63, 3.8) is 0 Å². The molecule has 0 saturated carbocycles. The summed E-state index contributed by atoms with van der Waals surface area (Å²) in [4.78, 5) is 1.78. The van der Waals surface area contributed by atoms with Crippen LogP contribution in [0.5, 0.6) is 5.75 Å². The molecule has 0 amide bonds. The highest BCUT2D eigenvalue weighted by molar-refractivity contribution is 7.95. The second-order valence-electron chi connectivity index (χ2n) is 6.81. The fourth-order valence-corrected chi connectivity index (χ4v) is 5.73. The number of anilines is 1. The fraction of sp³-hybridized carbons (Fsp3) is 0.190. The highest BCUT2D eigenvalue weighted by atomic mass is 32.2. The number of hydrogen-bond donors (Lipinski definition) is 1. The lowest BCUT2D eigenvalue weighted by molar-refractivity contribution is 0.415. The molecule has 0 aromatic heterocycles. The summed E-state index contributed by atoms with van der Waals surface area (Å²) in [5.41, 5.74) is 8.20. The van der Waals surface area contributed by atoms with Gasteiger partial charge in [-0.3, -0.25) is 4.90 Å². The van der Waals surface area contributed by atoms with Crippen LogP contribution in [0.25, 0.3) is 0 Å². The predicted octanol–water partition coefficient (Wildman–Crippen LogP) is 3.16. The number of nitrogens with zero attached hydrogens (tertiary/aromatic N) is 2. The number of sulfone groups is 1. The molecule has 0 radical (unpaired) electrons. The summed E-state index contributed by atoms with van der Waals surface area (Å²) >= 11 is 0. The van der Waals surface area contributed by atoms with Crippen LogP contribution in [0.1, 0.15) is 17.9 Å². The Balaban J connectivity index is 1.95. The third-order valence-electron chi connectivity index (χ3n) is 5.22. The molecular formula is C21H18FN3O3S. The van der Waals surface area contributed by atoms with Gasteiger partial charge in [-0.1, -0.05) is 12.1 Å². The van der Waals surface area contributed by atoms with Gasteiger partial charge in [-0.15, -0.1) is 0 Å². The number of nitrogens with two attached hydrogens (primary N) is 1. The molecule has 2 aromatic rings. The van der Waals surface area contributed by atoms with E-state index >= 15 is 0 Å². The van der Waals surface area contributed by atoms with Crippen LogP contribution in [-0.4, -0.2) is 21.3 Å². The molecule has 2 aliphatic rings. The van der Waals surface area contributed by atoms with Crippen molar-refractivity contribution in [3.8, 4) is 11.8 Å². The zero-order chi connectivity index (χ0) is 20.8. The Hall–Kier alpha value is -3.31. The maximum Gasteiger partial charge on any atom is 0.177 e. The smallest absolute Gasteiger partial charge is 0.177 e. The van der Waals surface area contributed by atoms with Crippen LogP contribution >= 0.6 is 0 Å². The van der Waals surface area contributed by atoms with Crippen molar-refractivity contribution < 1.29 is 17.5 Å². The van der Waals surface area contributed by atoms with Gasteiger partial charge >= 0.3 is 0 Å². The minimum atomic E-state index is -3.60. The maximum absolute atomic E-state index is 13.4. The normalized spacial score (nSPS) is 20.4. The number of allylic oxidation sites excluding steroid dienone is 3. The number of benzene rings is 2. The van der Waals surface area contributed by atoms with Gasteiger partial charge in [-0.05, 0) is 42.0 Å². The molecule has 29 heavy (non-hydrogen) atoms. The summed E-state index contributed by atoms with van der Waals surface area (Å²) in [5.74, 6) is -0.538. The molecule has 6 nitrogen and oxygen atoms in total. The maximum atomic E-state index is 13.4. The quantitative estimate of drug-likeness (QED) is 0.833. The van der Waals surface area contributed by atoms with Crippen molar-refractivity contribution in [2.75, 3.05) is 17.8 Å². The summed E-state index contributed by atoms with van der Waals surface area (Å²) in [7, 11) is -2.05. The van der Waals surface area contributed by atoms with Crippen LogP contribution in [0, 0.1) is 17.1 Å². The summed E-state index contributed by atoms with van der Waals surface area (Å²) in [6.45, 7) is 0. The van der Waals surface area contributed by atoms with Crippen LogP contribution in [0.15, 0.2) is 70.5 Å². The van der Waals surface area contributed by atoms with Crippen molar-refractivity contribution in [1.29, 1.82) is 5.26 Å². The van der Waals surface area contributed by atoms with Crippen LogP contribution in [-0.2, 0) is 9.84 Å². The summed E-state index contributed by atoms with van der Waals surface area (Å²) in [6.07, 6.45) is 0.279. The lowest BCUT2D eigenvalue weighted by atomic mass is 9.87. The third-order valence-corrected chi connectivity index (χ3v) is 7.10. The van der Waals surface area contributed by atoms with Gasteiger partial charge in [0.05, 0.1) is 35.3 Å². The lowest BCUT2D eigenvalue weighted by Gasteiger charge is -2.35. The first-order valence-corrected chi connectivity index (χ1v) is 10.6. The van der Waals surface area contributed by atoms with E-state index in [1.807, 2.05) is 0 Å². The molecule has 0 spiro atoms. The van der Waals surface area contributed by atoms with Gasteiger partial charge in [0.25, 0.3) is 0 Å². The van der Waals surface area contributed by atoms with Crippen LogP contribution in [0.3, 0.4) is 0 Å². The SMILES string of the molecule is COc1ccc(N2C(N)=C(C#N)[C@@H](c3ccc(F)cc3)C3=C2CCS3(=O)=O)cc1. The van der Waals surface area contributed by atoms with Crippen LogP contribution in [0.4, 0.5) is 10.1 Å². The molecule has 4 rings (SSSR count). The third kappa shape index (κ3) is 3.04. The number of methoxy groups -OCH3 is 1. The molecule has 0 aliphatic carbocycles. The Labute approximate surface area is 168 Å².